The minimum atomic E-state index is -0.574. The van der Waals surface area contributed by atoms with Gasteiger partial charge in [-0.25, -0.2) is 13.8 Å². The molecule has 2 aromatic carbocycles. The van der Waals surface area contributed by atoms with Crippen molar-refractivity contribution < 1.29 is 9.18 Å². The standard InChI is InChI=1S/C24H20FN5O2/c1-28(2)14-11-22(31)23-24(32)19(17-7-4-3-5-8-17)16-30(27-23)21-10-9-18(15-20(21)25)29-13-6-12-26-29/h3-16H,1-2H3/b14-11+. The van der Waals surface area contributed by atoms with E-state index in [-0.39, 0.29) is 16.9 Å². The van der Waals surface area contributed by atoms with Crippen molar-refractivity contribution in [2.24, 2.45) is 0 Å². The highest BCUT2D eigenvalue weighted by Gasteiger charge is 2.18. The summed E-state index contributed by atoms with van der Waals surface area (Å²) in [6.07, 6.45) is 7.53. The van der Waals surface area contributed by atoms with Crippen molar-refractivity contribution in [3.8, 4) is 22.5 Å². The van der Waals surface area contributed by atoms with Gasteiger partial charge in [-0.05, 0) is 23.8 Å². The Hall–Kier alpha value is -4.33. The van der Waals surface area contributed by atoms with Crippen LogP contribution in [0.4, 0.5) is 4.39 Å². The van der Waals surface area contributed by atoms with Gasteiger partial charge in [0.25, 0.3) is 0 Å². The summed E-state index contributed by atoms with van der Waals surface area (Å²) in [4.78, 5) is 27.5. The molecular formula is C24H20FN5O2. The van der Waals surface area contributed by atoms with E-state index in [0.717, 1.165) is 0 Å². The zero-order valence-corrected chi connectivity index (χ0v) is 17.5. The van der Waals surface area contributed by atoms with Crippen LogP contribution in [0.15, 0.2) is 90.3 Å². The van der Waals surface area contributed by atoms with Crippen LogP contribution in [0, 0.1) is 5.82 Å². The molecule has 4 rings (SSSR count). The van der Waals surface area contributed by atoms with E-state index in [4.69, 9.17) is 0 Å². The van der Waals surface area contributed by atoms with Crippen molar-refractivity contribution in [3.05, 3.63) is 107 Å². The molecule has 0 N–H and O–H groups in total. The zero-order chi connectivity index (χ0) is 22.7. The molecule has 0 saturated heterocycles. The van der Waals surface area contributed by atoms with Crippen molar-refractivity contribution in [1.82, 2.24) is 24.5 Å². The first kappa shape index (κ1) is 20.9. The van der Waals surface area contributed by atoms with Crippen LogP contribution >= 0.6 is 0 Å². The second kappa shape index (κ2) is 8.81. The van der Waals surface area contributed by atoms with Gasteiger partial charge < -0.3 is 4.90 Å². The molecule has 0 amide bonds. The number of benzene rings is 2. The summed E-state index contributed by atoms with van der Waals surface area (Å²) in [5.41, 5.74) is 0.676. The predicted octanol–water partition coefficient (Wildman–Crippen LogP) is 3.48. The molecule has 0 aliphatic rings. The third kappa shape index (κ3) is 4.24. The molecule has 0 aliphatic heterocycles. The van der Waals surface area contributed by atoms with Crippen molar-refractivity contribution >= 4 is 5.78 Å². The molecular weight excluding hydrogens is 409 g/mol. The van der Waals surface area contributed by atoms with Gasteiger partial charge in [-0.15, -0.1) is 0 Å². The lowest BCUT2D eigenvalue weighted by Crippen LogP contribution is -2.23. The molecule has 0 aliphatic carbocycles. The number of aromatic nitrogens is 4. The Labute approximate surface area is 183 Å². The second-order valence-electron chi connectivity index (χ2n) is 7.26. The first-order valence-corrected chi connectivity index (χ1v) is 9.82. The quantitative estimate of drug-likeness (QED) is 0.347. The molecule has 32 heavy (non-hydrogen) atoms. The van der Waals surface area contributed by atoms with Crippen LogP contribution in [0.1, 0.15) is 10.5 Å². The molecule has 0 saturated carbocycles. The maximum atomic E-state index is 15.1. The highest BCUT2D eigenvalue weighted by molar-refractivity contribution is 6.03. The van der Waals surface area contributed by atoms with Crippen LogP contribution in [-0.4, -0.2) is 44.3 Å². The summed E-state index contributed by atoms with van der Waals surface area (Å²) in [5.74, 6) is -1.14. The second-order valence-corrected chi connectivity index (χ2v) is 7.26. The summed E-state index contributed by atoms with van der Waals surface area (Å²) < 4.78 is 17.8. The van der Waals surface area contributed by atoms with E-state index in [1.54, 1.807) is 67.8 Å². The number of hydrogen-bond donors (Lipinski definition) is 0. The Balaban J connectivity index is 1.88. The minimum absolute atomic E-state index is 0.101. The summed E-state index contributed by atoms with van der Waals surface area (Å²) >= 11 is 0. The third-order valence-electron chi connectivity index (χ3n) is 4.71. The van der Waals surface area contributed by atoms with Gasteiger partial charge in [-0.1, -0.05) is 30.3 Å². The van der Waals surface area contributed by atoms with E-state index in [1.165, 1.54) is 40.0 Å². The van der Waals surface area contributed by atoms with Crippen LogP contribution < -0.4 is 5.43 Å². The van der Waals surface area contributed by atoms with Crippen molar-refractivity contribution in [1.29, 1.82) is 0 Å². The topological polar surface area (TPSA) is 73.0 Å². The van der Waals surface area contributed by atoms with Crippen molar-refractivity contribution in [2.45, 2.75) is 0 Å². The Morgan fingerprint density at radius 1 is 1.06 bits per heavy atom. The van der Waals surface area contributed by atoms with E-state index in [0.29, 0.717) is 11.3 Å². The van der Waals surface area contributed by atoms with Crippen LogP contribution in [0.2, 0.25) is 0 Å². The maximum Gasteiger partial charge on any atom is 0.219 e. The molecule has 0 radical (unpaired) electrons. The minimum Gasteiger partial charge on any atom is -0.383 e. The number of nitrogens with zero attached hydrogens (tertiary/aromatic N) is 5. The third-order valence-corrected chi connectivity index (χ3v) is 4.71. The Bertz CT molecular complexity index is 1340. The lowest BCUT2D eigenvalue weighted by Gasteiger charge is -2.12. The fourth-order valence-electron chi connectivity index (χ4n) is 3.14. The van der Waals surface area contributed by atoms with Crippen LogP contribution in [-0.2, 0) is 0 Å². The first-order chi connectivity index (χ1) is 15.4. The van der Waals surface area contributed by atoms with E-state index in [1.807, 2.05) is 6.07 Å². The Morgan fingerprint density at radius 3 is 2.50 bits per heavy atom. The first-order valence-electron chi connectivity index (χ1n) is 9.82. The molecule has 0 spiro atoms. The number of rotatable bonds is 6. The highest BCUT2D eigenvalue weighted by atomic mass is 19.1. The zero-order valence-electron chi connectivity index (χ0n) is 17.5. The molecule has 2 aromatic heterocycles. The Kier molecular flexibility index (Phi) is 5.76. The van der Waals surface area contributed by atoms with Gasteiger partial charge in [0.15, 0.2) is 11.5 Å². The summed E-state index contributed by atoms with van der Waals surface area (Å²) in [7, 11) is 3.51. The van der Waals surface area contributed by atoms with Crippen molar-refractivity contribution in [2.75, 3.05) is 14.1 Å². The number of halogens is 1. The number of ketones is 1. The van der Waals surface area contributed by atoms with Gasteiger partial charge in [-0.3, -0.25) is 9.59 Å². The monoisotopic (exact) mass is 429 g/mol. The van der Waals surface area contributed by atoms with Gasteiger partial charge in [0.2, 0.25) is 11.2 Å². The molecule has 4 aromatic rings. The van der Waals surface area contributed by atoms with Gasteiger partial charge >= 0.3 is 0 Å². The lowest BCUT2D eigenvalue weighted by molar-refractivity contribution is 0.103. The number of allylic oxidation sites excluding steroid dienone is 1. The van der Waals surface area contributed by atoms with Gasteiger partial charge in [0.1, 0.15) is 5.69 Å². The smallest absolute Gasteiger partial charge is 0.219 e. The van der Waals surface area contributed by atoms with Gasteiger partial charge in [0, 0.05) is 56.6 Å². The number of hydrogen-bond acceptors (Lipinski definition) is 5. The van der Waals surface area contributed by atoms with E-state index < -0.39 is 17.0 Å². The molecule has 0 unspecified atom stereocenters. The van der Waals surface area contributed by atoms with Crippen molar-refractivity contribution in [3.63, 3.8) is 0 Å². The maximum absolute atomic E-state index is 15.1. The average molecular weight is 429 g/mol. The summed E-state index contributed by atoms with van der Waals surface area (Å²) in [6, 6.07) is 15.2. The molecule has 0 atom stereocenters. The van der Waals surface area contributed by atoms with E-state index >= 15 is 4.39 Å². The fraction of sp³-hybridized carbons (Fsp3) is 0.0833. The van der Waals surface area contributed by atoms with E-state index in [9.17, 15) is 9.59 Å². The molecule has 0 bridgehead atoms. The molecule has 8 heteroatoms. The average Bonchev–Trinajstić information content (AvgIpc) is 3.33. The molecule has 160 valence electrons. The molecule has 7 nitrogen and oxygen atoms in total. The fourth-order valence-corrected chi connectivity index (χ4v) is 3.14. The molecule has 2 heterocycles. The SMILES string of the molecule is CN(C)/C=C/C(=O)c1nn(-c2ccc(-n3cccn3)cc2F)cc(-c2ccccc2)c1=O. The van der Waals surface area contributed by atoms with Gasteiger partial charge in [-0.2, -0.15) is 10.2 Å². The van der Waals surface area contributed by atoms with E-state index in [2.05, 4.69) is 10.2 Å². The van der Waals surface area contributed by atoms with Gasteiger partial charge in [0.05, 0.1) is 5.69 Å². The normalized spacial score (nSPS) is 11.1. The largest absolute Gasteiger partial charge is 0.383 e. The highest BCUT2D eigenvalue weighted by Crippen LogP contribution is 2.20. The van der Waals surface area contributed by atoms with Crippen LogP contribution in [0.5, 0.6) is 0 Å². The van der Waals surface area contributed by atoms with Crippen LogP contribution in [0.25, 0.3) is 22.5 Å². The number of carbonyl (C=O) groups excluding carboxylic acids is 1. The Morgan fingerprint density at radius 2 is 1.84 bits per heavy atom. The summed E-state index contributed by atoms with van der Waals surface area (Å²) in [6.45, 7) is 0. The summed E-state index contributed by atoms with van der Waals surface area (Å²) in [5, 5.41) is 8.28. The predicted molar refractivity (Wildman–Crippen MR) is 120 cm³/mol. The number of carbonyl (C=O) groups is 1. The van der Waals surface area contributed by atoms with Crippen LogP contribution in [0.3, 0.4) is 0 Å². The lowest BCUT2D eigenvalue weighted by atomic mass is 10.1. The molecule has 0 fully saturated rings.